The molecule has 0 saturated carbocycles. The molecule has 10 nitrogen and oxygen atoms in total. The molecule has 0 aliphatic carbocycles. The first-order valence-corrected chi connectivity index (χ1v) is 41.3. The van der Waals surface area contributed by atoms with Crippen LogP contribution in [0.15, 0.2) is 397 Å². The molecule has 0 radical (unpaired) electrons. The molecule has 0 bridgehead atoms. The highest BCUT2D eigenvalue weighted by Gasteiger charge is 2.28. The lowest BCUT2D eigenvalue weighted by atomic mass is 9.92. The van der Waals surface area contributed by atoms with Gasteiger partial charge in [0, 0.05) is 88.6 Å². The summed E-state index contributed by atoms with van der Waals surface area (Å²) in [5.74, 6) is 3.21. The van der Waals surface area contributed by atoms with Gasteiger partial charge in [-0.2, -0.15) is 0 Å². The second kappa shape index (κ2) is 26.5. The van der Waals surface area contributed by atoms with Crippen molar-refractivity contribution in [3.05, 3.63) is 388 Å². The van der Waals surface area contributed by atoms with Crippen LogP contribution in [0.4, 0.5) is 0 Å². The summed E-state index contributed by atoms with van der Waals surface area (Å²) in [6, 6.07) is 139. The van der Waals surface area contributed by atoms with Crippen LogP contribution in [0.3, 0.4) is 0 Å². The summed E-state index contributed by atoms with van der Waals surface area (Å²) in [7, 11) is 0. The monoisotopic (exact) mass is 1550 g/mol. The van der Waals surface area contributed by atoms with Crippen LogP contribution < -0.4 is 0 Å². The lowest BCUT2D eigenvalue weighted by Crippen LogP contribution is -2.04. The van der Waals surface area contributed by atoms with E-state index in [-0.39, 0.29) is 0 Å². The zero-order chi connectivity index (χ0) is 79.8. The lowest BCUT2D eigenvalue weighted by Gasteiger charge is -2.17. The maximum atomic E-state index is 7.00. The van der Waals surface area contributed by atoms with Crippen molar-refractivity contribution < 1.29 is 8.83 Å². The zero-order valence-corrected chi connectivity index (χ0v) is 65.3. The van der Waals surface area contributed by atoms with Gasteiger partial charge in [0.05, 0.1) is 33.4 Å². The van der Waals surface area contributed by atoms with Crippen LogP contribution in [-0.2, 0) is 0 Å². The molecule has 0 saturated heterocycles. The molecule has 6 aromatic heterocycles. The molecule has 26 rings (SSSR count). The molecule has 0 amide bonds. The van der Waals surface area contributed by atoms with E-state index in [1.54, 1.807) is 0 Å². The molecule has 0 aliphatic heterocycles. The molecule has 0 fully saturated rings. The minimum absolute atomic E-state index is 0.517. The molecular weight excluding hydrogens is 1490 g/mol. The average molecular weight is 1550 g/mol. The van der Waals surface area contributed by atoms with E-state index < -0.39 is 0 Å². The van der Waals surface area contributed by atoms with Crippen molar-refractivity contribution in [2.75, 3.05) is 0 Å². The smallest absolute Gasteiger partial charge is 0.166 e. The Bertz CT molecular complexity index is 8890. The molecule has 26 aromatic rings. The quantitative estimate of drug-likeness (QED) is 0.133. The number of furan rings is 2. The van der Waals surface area contributed by atoms with Crippen LogP contribution in [0.2, 0.25) is 0 Å². The molecule has 20 aromatic carbocycles. The largest absolute Gasteiger partial charge is 0.456 e. The van der Waals surface area contributed by atoms with Crippen molar-refractivity contribution in [3.63, 3.8) is 0 Å². The molecule has 0 unspecified atom stereocenters. The molecule has 0 atom stereocenters. The third kappa shape index (κ3) is 10.7. The fourth-order valence-corrected chi connectivity index (χ4v) is 19.2. The normalized spacial score (nSPS) is 12.1. The minimum Gasteiger partial charge on any atom is -0.456 e. The van der Waals surface area contributed by atoms with Crippen molar-refractivity contribution in [2.45, 2.75) is 0 Å². The number of rotatable bonds is 10. The fourth-order valence-electron chi connectivity index (χ4n) is 19.2. The lowest BCUT2D eigenvalue weighted by molar-refractivity contribution is 0.668. The Morgan fingerprint density at radius 1 is 0.156 bits per heavy atom. The van der Waals surface area contributed by atoms with Gasteiger partial charge in [-0.25, -0.2) is 29.9 Å². The predicted molar refractivity (Wildman–Crippen MR) is 502 cm³/mol. The topological polar surface area (TPSA) is 113 Å². The van der Waals surface area contributed by atoms with Crippen LogP contribution in [0, 0.1) is 0 Å². The van der Waals surface area contributed by atoms with E-state index in [2.05, 4.69) is 379 Å². The van der Waals surface area contributed by atoms with Gasteiger partial charge in [-0.15, -0.1) is 0 Å². The first-order chi connectivity index (χ1) is 60.4. The summed E-state index contributed by atoms with van der Waals surface area (Å²) >= 11 is 0. The number of fused-ring (bicyclic) bond motifs is 19. The van der Waals surface area contributed by atoms with Crippen LogP contribution in [-0.4, -0.2) is 39.0 Å². The third-order valence-electron chi connectivity index (χ3n) is 25.1. The number of benzene rings is 20. The van der Waals surface area contributed by atoms with Crippen molar-refractivity contribution in [2.24, 2.45) is 0 Å². The molecule has 6 heterocycles. The van der Waals surface area contributed by atoms with Crippen molar-refractivity contribution >= 4 is 163 Å². The Labute approximate surface area is 696 Å². The van der Waals surface area contributed by atoms with Gasteiger partial charge in [-0.3, -0.25) is 0 Å². The molecule has 0 aliphatic rings. The molecular formula is C112H64N8O2. The van der Waals surface area contributed by atoms with E-state index in [1.807, 2.05) is 18.2 Å². The highest BCUT2D eigenvalue weighted by atomic mass is 16.3. The summed E-state index contributed by atoms with van der Waals surface area (Å²) in [6.45, 7) is 0. The number of para-hydroxylation sites is 2. The summed E-state index contributed by atoms with van der Waals surface area (Å²) in [6.07, 6.45) is 0. The van der Waals surface area contributed by atoms with Crippen LogP contribution >= 0.6 is 0 Å². The first-order valence-electron chi connectivity index (χ1n) is 41.3. The van der Waals surface area contributed by atoms with E-state index in [4.69, 9.17) is 38.7 Å². The van der Waals surface area contributed by atoms with E-state index in [9.17, 15) is 0 Å². The average Bonchev–Trinajstić information content (AvgIpc) is 1.56. The van der Waals surface area contributed by atoms with Gasteiger partial charge in [0.25, 0.3) is 0 Å². The summed E-state index contributed by atoms with van der Waals surface area (Å²) in [5.41, 5.74) is 18.5. The molecule has 564 valence electrons. The Balaban J connectivity index is 0.658. The Morgan fingerprint density at radius 3 is 1.13 bits per heavy atom. The minimum atomic E-state index is 0.517. The first kappa shape index (κ1) is 67.6. The number of hydrogen-bond donors (Lipinski definition) is 0. The Hall–Kier alpha value is -16.6. The fraction of sp³-hybridized carbons (Fsp3) is 0. The second-order valence-corrected chi connectivity index (χ2v) is 32.0. The van der Waals surface area contributed by atoms with Crippen molar-refractivity contribution in [1.29, 1.82) is 0 Å². The Kier molecular flexibility index (Phi) is 14.7. The molecule has 0 spiro atoms. The standard InChI is InChI=1S/C112H64N8O2/c1-2-21-65(22-3-1)67-41-44-68(45-42-67)107-113-110(118-111(114-107)95-61-93-86-37-17-19-40-103(86)121-105(93)64-102(95)120-99-58-75-30-11-7-26-71(75)54-90(99)91-55-72-27-8-12-31-76(72)59-100(91)120)88-50-49-81(83-34-14-15-35-84(83)88)79-47-48-82-78(52-79)33-20-38-87(82)109-115-108(80-46-43-66-23-4-5-24-69(66)51-80)116-112(117-109)96-62-94-92-56-73-28-9-13-32-77(73)60-104(92)122-106(94)63-101(96)119-97-39-18-16-36-85(97)89-53-70-25-6-10-29-74(70)57-98(89)119/h1-64H. The molecule has 10 heteroatoms. The van der Waals surface area contributed by atoms with Crippen LogP contribution in [0.1, 0.15) is 0 Å². The van der Waals surface area contributed by atoms with Gasteiger partial charge < -0.3 is 18.0 Å². The van der Waals surface area contributed by atoms with Gasteiger partial charge in [-0.05, 0) is 189 Å². The summed E-state index contributed by atoms with van der Waals surface area (Å²) in [4.78, 5) is 33.9. The van der Waals surface area contributed by atoms with E-state index in [0.29, 0.717) is 34.9 Å². The predicted octanol–water partition coefficient (Wildman–Crippen LogP) is 29.5. The second-order valence-electron chi connectivity index (χ2n) is 32.0. The number of hydrogen-bond acceptors (Lipinski definition) is 8. The van der Waals surface area contributed by atoms with Crippen LogP contribution in [0.25, 0.3) is 265 Å². The van der Waals surface area contributed by atoms with Gasteiger partial charge in [0.1, 0.15) is 22.3 Å². The van der Waals surface area contributed by atoms with Gasteiger partial charge in [-0.1, -0.05) is 285 Å². The van der Waals surface area contributed by atoms with Gasteiger partial charge >= 0.3 is 0 Å². The third-order valence-corrected chi connectivity index (χ3v) is 25.1. The van der Waals surface area contributed by atoms with Crippen molar-refractivity contribution in [3.8, 4) is 102 Å². The number of aromatic nitrogens is 8. The highest BCUT2D eigenvalue weighted by molar-refractivity contribution is 6.20. The van der Waals surface area contributed by atoms with Gasteiger partial charge in [0.15, 0.2) is 34.9 Å². The Morgan fingerprint density at radius 2 is 0.525 bits per heavy atom. The summed E-state index contributed by atoms with van der Waals surface area (Å²) in [5, 5.41) is 23.9. The molecule has 0 N–H and O–H groups in total. The SMILES string of the molecule is c1ccc(-c2ccc(-c3nc(-c4cc5c(cc4-n4c6cc7ccccc7cc6c6cc7ccccc7cc64)oc4ccccc45)nc(-c4ccc(-c5ccc6c(-c7nc(-c8ccc9ccccc9c8)nc(-c8cc9c(cc8-n8c%10ccccc%10c%10cc%11ccccc%11cc%108)oc8cc%10ccccc%10cc89)n7)cccc6c5)c5ccccc45)n3)cc2)cc1. The number of nitrogens with zero attached hydrogens (tertiary/aromatic N) is 8. The highest BCUT2D eigenvalue weighted by Crippen LogP contribution is 2.48. The maximum Gasteiger partial charge on any atom is 0.166 e. The maximum absolute atomic E-state index is 7.00. The van der Waals surface area contributed by atoms with Gasteiger partial charge in [0.2, 0.25) is 0 Å². The van der Waals surface area contributed by atoms with E-state index >= 15 is 0 Å². The van der Waals surface area contributed by atoms with Crippen LogP contribution in [0.5, 0.6) is 0 Å². The molecule has 122 heavy (non-hydrogen) atoms. The van der Waals surface area contributed by atoms with E-state index in [0.717, 1.165) is 214 Å². The van der Waals surface area contributed by atoms with E-state index in [1.165, 1.54) is 16.2 Å². The summed E-state index contributed by atoms with van der Waals surface area (Å²) < 4.78 is 18.6. The zero-order valence-electron chi connectivity index (χ0n) is 65.3. The van der Waals surface area contributed by atoms with Crippen molar-refractivity contribution in [1.82, 2.24) is 39.0 Å².